The predicted octanol–water partition coefficient (Wildman–Crippen LogP) is 1.30. The monoisotopic (exact) mass is 238 g/mol. The van der Waals surface area contributed by atoms with Crippen molar-refractivity contribution in [2.45, 2.75) is 0 Å². The zero-order valence-electron chi connectivity index (χ0n) is 9.01. The first-order chi connectivity index (χ1) is 8.31. The van der Waals surface area contributed by atoms with Gasteiger partial charge in [-0.1, -0.05) is 24.3 Å². The molecular weight excluding hydrogens is 228 g/mol. The van der Waals surface area contributed by atoms with Crippen LogP contribution in [0.3, 0.4) is 0 Å². The molecule has 0 aliphatic rings. The summed E-state index contributed by atoms with van der Waals surface area (Å²) in [5, 5.41) is 18.6. The van der Waals surface area contributed by atoms with Gasteiger partial charge in [-0.15, -0.1) is 0 Å². The molecule has 3 aromatic rings. The lowest BCUT2D eigenvalue weighted by atomic mass is 10.1. The molecule has 0 spiro atoms. The predicted molar refractivity (Wildman–Crippen MR) is 70.5 cm³/mol. The minimum absolute atomic E-state index is 0.134. The van der Waals surface area contributed by atoms with E-state index in [4.69, 9.17) is 5.40 Å². The fourth-order valence-corrected chi connectivity index (χ4v) is 2.84. The second-order valence-corrected chi connectivity index (χ2v) is 4.61. The number of hydrogen-bond donors (Lipinski definition) is 2. The van der Waals surface area contributed by atoms with Crippen molar-refractivity contribution in [3.63, 3.8) is 0 Å². The first-order valence-electron chi connectivity index (χ1n) is 5.28. The fourth-order valence-electron chi connectivity index (χ4n) is 2.07. The molecule has 3 rings (SSSR count). The maximum Gasteiger partial charge on any atom is 0.178 e. The summed E-state index contributed by atoms with van der Waals surface area (Å²) >= 11 is 0. The van der Waals surface area contributed by atoms with Crippen molar-refractivity contribution in [2.75, 3.05) is 0 Å². The standard InChI is InChI=1S/C13H10N2OSi/c14-17-13-8-4-1-2-5-9(8)15-10-6-3-7-11(16)12(10)13/h1-7,16H,14H2. The number of aromatic hydroxyl groups is 1. The van der Waals surface area contributed by atoms with E-state index in [1.807, 2.05) is 30.3 Å². The Bertz CT molecular complexity index is 712. The van der Waals surface area contributed by atoms with Gasteiger partial charge in [-0.25, -0.2) is 4.98 Å². The van der Waals surface area contributed by atoms with Gasteiger partial charge in [0.15, 0.2) is 9.68 Å². The van der Waals surface area contributed by atoms with Crippen molar-refractivity contribution < 1.29 is 5.11 Å². The van der Waals surface area contributed by atoms with Gasteiger partial charge in [-0.3, -0.25) is 0 Å². The van der Waals surface area contributed by atoms with Gasteiger partial charge in [0.05, 0.1) is 11.0 Å². The van der Waals surface area contributed by atoms with Crippen molar-refractivity contribution in [1.29, 1.82) is 0 Å². The Hall–Kier alpha value is -1.91. The zero-order valence-corrected chi connectivity index (χ0v) is 10.0. The number of rotatable bonds is 1. The maximum absolute atomic E-state index is 9.95. The minimum Gasteiger partial charge on any atom is -0.507 e. The number of hydrogen-bond acceptors (Lipinski definition) is 3. The molecule has 0 saturated heterocycles. The lowest BCUT2D eigenvalue weighted by molar-refractivity contribution is 0.482. The Morgan fingerprint density at radius 1 is 1.00 bits per heavy atom. The van der Waals surface area contributed by atoms with Crippen LogP contribution in [0, 0.1) is 0 Å². The first kappa shape index (κ1) is 10.3. The second kappa shape index (κ2) is 3.83. The van der Waals surface area contributed by atoms with Crippen molar-refractivity contribution >= 4 is 36.7 Å². The third kappa shape index (κ3) is 1.50. The largest absolute Gasteiger partial charge is 0.507 e. The Kier molecular flexibility index (Phi) is 2.31. The Balaban J connectivity index is 2.59. The van der Waals surface area contributed by atoms with Crippen LogP contribution in [0.2, 0.25) is 0 Å². The normalized spacial score (nSPS) is 11.1. The molecule has 0 atom stereocenters. The van der Waals surface area contributed by atoms with Crippen LogP contribution in [0.5, 0.6) is 5.75 Å². The molecule has 0 saturated carbocycles. The molecule has 2 aromatic carbocycles. The Morgan fingerprint density at radius 3 is 2.59 bits per heavy atom. The average molecular weight is 238 g/mol. The summed E-state index contributed by atoms with van der Waals surface area (Å²) in [6.45, 7) is 0. The molecule has 0 aliphatic heterocycles. The number of fused-ring (bicyclic) bond motifs is 2. The van der Waals surface area contributed by atoms with Crippen LogP contribution >= 0.6 is 0 Å². The lowest BCUT2D eigenvalue weighted by Gasteiger charge is -2.09. The summed E-state index contributed by atoms with van der Waals surface area (Å²) in [7, 11) is 0.134. The smallest absolute Gasteiger partial charge is 0.178 e. The van der Waals surface area contributed by atoms with Crippen molar-refractivity contribution in [1.82, 2.24) is 4.98 Å². The highest BCUT2D eigenvalue weighted by Crippen LogP contribution is 2.24. The molecule has 1 aromatic heterocycles. The van der Waals surface area contributed by atoms with Gasteiger partial charge >= 0.3 is 0 Å². The fraction of sp³-hybridized carbons (Fsp3) is 0. The van der Waals surface area contributed by atoms with Crippen LogP contribution in [0.25, 0.3) is 21.8 Å². The molecule has 0 unspecified atom stereocenters. The molecule has 82 valence electrons. The van der Waals surface area contributed by atoms with Gasteiger partial charge in [0.1, 0.15) is 5.75 Å². The number of nitrogens with zero attached hydrogens (tertiary/aromatic N) is 1. The van der Waals surface area contributed by atoms with Gasteiger partial charge in [0.25, 0.3) is 0 Å². The van der Waals surface area contributed by atoms with Crippen LogP contribution in [0.4, 0.5) is 0 Å². The summed E-state index contributed by atoms with van der Waals surface area (Å²) in [5.41, 5.74) is 1.70. The van der Waals surface area contributed by atoms with Crippen molar-refractivity contribution in [3.05, 3.63) is 42.5 Å². The highest BCUT2D eigenvalue weighted by Gasteiger charge is 2.10. The number of benzene rings is 2. The average Bonchev–Trinajstić information content (AvgIpc) is 2.36. The third-order valence-corrected chi connectivity index (χ3v) is 3.64. The maximum atomic E-state index is 9.95. The summed E-state index contributed by atoms with van der Waals surface area (Å²) in [6.07, 6.45) is 0. The molecule has 4 heteroatoms. The molecule has 17 heavy (non-hydrogen) atoms. The number of phenolic OH excluding ortho intramolecular Hbond substituents is 1. The summed E-state index contributed by atoms with van der Waals surface area (Å²) in [4.78, 5) is 4.54. The van der Waals surface area contributed by atoms with E-state index >= 15 is 0 Å². The topological polar surface area (TPSA) is 59.1 Å². The van der Waals surface area contributed by atoms with Gasteiger partial charge in [0.2, 0.25) is 0 Å². The summed E-state index contributed by atoms with van der Waals surface area (Å²) < 4.78 is 0. The van der Waals surface area contributed by atoms with E-state index in [1.165, 1.54) is 0 Å². The lowest BCUT2D eigenvalue weighted by Crippen LogP contribution is -2.25. The van der Waals surface area contributed by atoms with Crippen LogP contribution in [-0.2, 0) is 0 Å². The zero-order chi connectivity index (χ0) is 11.8. The van der Waals surface area contributed by atoms with E-state index < -0.39 is 0 Å². The molecule has 0 fully saturated rings. The molecule has 0 bridgehead atoms. The van der Waals surface area contributed by atoms with E-state index in [0.29, 0.717) is 0 Å². The SMILES string of the molecule is N[Si]c1c2ccccc2nc2cccc(O)c12. The third-order valence-electron chi connectivity index (χ3n) is 2.83. The quantitative estimate of drug-likeness (QED) is 0.496. The number of nitrogens with two attached hydrogens (primary N) is 1. The van der Waals surface area contributed by atoms with Gasteiger partial charge < -0.3 is 10.5 Å². The molecule has 3 N–H and O–H groups in total. The highest BCUT2D eigenvalue weighted by atomic mass is 28.2. The van der Waals surface area contributed by atoms with Crippen LogP contribution in [0.1, 0.15) is 0 Å². The van der Waals surface area contributed by atoms with Gasteiger partial charge in [-0.05, 0) is 23.4 Å². The van der Waals surface area contributed by atoms with E-state index in [2.05, 4.69) is 4.98 Å². The summed E-state index contributed by atoms with van der Waals surface area (Å²) in [6, 6.07) is 13.2. The highest BCUT2D eigenvalue weighted by molar-refractivity contribution is 6.58. The Morgan fingerprint density at radius 2 is 1.76 bits per heavy atom. The molecule has 3 nitrogen and oxygen atoms in total. The molecule has 2 radical (unpaired) electrons. The minimum atomic E-state index is 0.134. The van der Waals surface area contributed by atoms with E-state index in [0.717, 1.165) is 27.0 Å². The molecule has 0 aliphatic carbocycles. The van der Waals surface area contributed by atoms with Crippen molar-refractivity contribution in [2.24, 2.45) is 5.40 Å². The van der Waals surface area contributed by atoms with Crippen molar-refractivity contribution in [3.8, 4) is 5.75 Å². The molecule has 0 amide bonds. The first-order valence-corrected chi connectivity index (χ1v) is 6.36. The van der Waals surface area contributed by atoms with E-state index in [-0.39, 0.29) is 15.4 Å². The van der Waals surface area contributed by atoms with Gasteiger partial charge in [-0.2, -0.15) is 0 Å². The van der Waals surface area contributed by atoms with Crippen LogP contribution in [-0.4, -0.2) is 19.8 Å². The number of phenols is 1. The van der Waals surface area contributed by atoms with E-state index in [9.17, 15) is 5.11 Å². The summed E-state index contributed by atoms with van der Waals surface area (Å²) in [5.74, 6) is 0.244. The van der Waals surface area contributed by atoms with Crippen LogP contribution < -0.4 is 10.6 Å². The number of pyridine rings is 1. The van der Waals surface area contributed by atoms with Crippen LogP contribution in [0.15, 0.2) is 42.5 Å². The molecular formula is C13H10N2OSi. The van der Waals surface area contributed by atoms with Gasteiger partial charge in [0, 0.05) is 10.8 Å². The second-order valence-electron chi connectivity index (χ2n) is 3.82. The number of aromatic nitrogens is 1. The Labute approximate surface area is 101 Å². The number of para-hydroxylation sites is 1. The van der Waals surface area contributed by atoms with E-state index in [1.54, 1.807) is 12.1 Å². The molecule has 1 heterocycles.